The van der Waals surface area contributed by atoms with Crippen molar-refractivity contribution in [3.8, 4) is 0 Å². The number of halogens is 2. The molecule has 0 saturated heterocycles. The number of hydrogen-bond acceptors (Lipinski definition) is 4. The molecule has 1 N–H and O–H groups in total. The molecule has 0 aliphatic heterocycles. The van der Waals surface area contributed by atoms with Crippen LogP contribution in [0.25, 0.3) is 0 Å². The Morgan fingerprint density at radius 1 is 1.27 bits per heavy atom. The zero-order valence-electron chi connectivity index (χ0n) is 13.2. The molecule has 0 saturated carbocycles. The highest BCUT2D eigenvalue weighted by atomic mass is 32.2. The van der Waals surface area contributed by atoms with Crippen LogP contribution < -0.4 is 4.72 Å². The van der Waals surface area contributed by atoms with E-state index in [1.165, 1.54) is 13.0 Å². The lowest BCUT2D eigenvalue weighted by atomic mass is 10.0. The van der Waals surface area contributed by atoms with Gasteiger partial charge in [0.25, 0.3) is 0 Å². The summed E-state index contributed by atoms with van der Waals surface area (Å²) in [6, 6.07) is 3.77. The maximum atomic E-state index is 12.7. The maximum absolute atomic E-state index is 12.7. The van der Waals surface area contributed by atoms with Crippen molar-refractivity contribution in [1.29, 1.82) is 0 Å². The Morgan fingerprint density at radius 3 is 2.27 bits per heavy atom. The topological polar surface area (TPSA) is 69.2 Å². The van der Waals surface area contributed by atoms with Gasteiger partial charge in [-0.3, -0.25) is 0 Å². The minimum Gasteiger partial charge on any atom is -0.598 e. The van der Waals surface area contributed by atoms with Gasteiger partial charge in [0.05, 0.1) is 10.9 Å². The van der Waals surface area contributed by atoms with Crippen LogP contribution in [0.15, 0.2) is 23.1 Å². The van der Waals surface area contributed by atoms with Crippen LogP contribution in [-0.4, -0.2) is 23.5 Å². The minimum atomic E-state index is -4.66. The summed E-state index contributed by atoms with van der Waals surface area (Å²) in [6.45, 7) is 8.58. The van der Waals surface area contributed by atoms with Gasteiger partial charge < -0.3 is 4.55 Å². The first-order valence-electron chi connectivity index (χ1n) is 6.68. The smallest absolute Gasteiger partial charge is 0.341 e. The molecule has 22 heavy (non-hydrogen) atoms. The Hall–Kier alpha value is -0.700. The van der Waals surface area contributed by atoms with Crippen LogP contribution in [0.1, 0.15) is 44.9 Å². The number of nitrogens with one attached hydrogen (secondary N) is 1. The molecule has 1 unspecified atom stereocenters. The normalized spacial score (nSPS) is 15.9. The van der Waals surface area contributed by atoms with Gasteiger partial charge in [-0.25, -0.2) is 8.42 Å². The van der Waals surface area contributed by atoms with Crippen molar-refractivity contribution < 1.29 is 21.8 Å². The first-order valence-corrected chi connectivity index (χ1v) is 9.38. The Balaban J connectivity index is 3.18. The lowest BCUT2D eigenvalue weighted by Crippen LogP contribution is -2.40. The van der Waals surface area contributed by atoms with Crippen LogP contribution in [0.5, 0.6) is 0 Å². The molecule has 0 aliphatic rings. The predicted octanol–water partition coefficient (Wildman–Crippen LogP) is 3.10. The zero-order chi connectivity index (χ0) is 17.3. The first kappa shape index (κ1) is 19.3. The fraction of sp³-hybridized carbons (Fsp3) is 0.571. The van der Waals surface area contributed by atoms with Gasteiger partial charge in [0, 0.05) is 11.4 Å². The summed E-state index contributed by atoms with van der Waals surface area (Å²) in [5.41, 5.74) is 0.771. The molecular formula is C14H21F2NO3S2. The van der Waals surface area contributed by atoms with E-state index in [-0.39, 0.29) is 5.56 Å². The van der Waals surface area contributed by atoms with Gasteiger partial charge in [-0.1, -0.05) is 12.1 Å². The van der Waals surface area contributed by atoms with E-state index in [1.54, 1.807) is 33.8 Å². The fourth-order valence-corrected chi connectivity index (χ4v) is 3.71. The molecule has 0 heterocycles. The average Bonchev–Trinajstić information content (AvgIpc) is 2.37. The van der Waals surface area contributed by atoms with E-state index in [9.17, 15) is 21.8 Å². The van der Waals surface area contributed by atoms with Gasteiger partial charge in [0.15, 0.2) is 0 Å². The van der Waals surface area contributed by atoms with Gasteiger partial charge in [-0.15, -0.1) is 4.72 Å². The lowest BCUT2D eigenvalue weighted by molar-refractivity contribution is 0.234. The van der Waals surface area contributed by atoms with Gasteiger partial charge in [0.1, 0.15) is 4.75 Å². The van der Waals surface area contributed by atoms with Crippen molar-refractivity contribution in [2.24, 2.45) is 0 Å². The molecule has 1 aromatic rings. The molecule has 0 radical (unpaired) electrons. The molecule has 0 bridgehead atoms. The molecule has 8 heteroatoms. The number of hydrogen-bond donors (Lipinski definition) is 1. The van der Waals surface area contributed by atoms with E-state index in [2.05, 4.69) is 4.72 Å². The van der Waals surface area contributed by atoms with Crippen LogP contribution >= 0.6 is 0 Å². The molecule has 1 rings (SSSR count). The zero-order valence-corrected chi connectivity index (χ0v) is 14.8. The van der Waals surface area contributed by atoms with Crippen molar-refractivity contribution in [3.63, 3.8) is 0 Å². The molecule has 0 spiro atoms. The van der Waals surface area contributed by atoms with Crippen LogP contribution in [0, 0.1) is 6.92 Å². The van der Waals surface area contributed by atoms with Crippen LogP contribution in [0.4, 0.5) is 8.78 Å². The molecule has 0 amide bonds. The Morgan fingerprint density at radius 2 is 1.82 bits per heavy atom. The predicted molar refractivity (Wildman–Crippen MR) is 83.8 cm³/mol. The van der Waals surface area contributed by atoms with E-state index in [1.807, 2.05) is 0 Å². The van der Waals surface area contributed by atoms with Crippen LogP contribution in [-0.2, 0) is 21.2 Å². The Bertz CT molecular complexity index is 627. The Kier molecular flexibility index (Phi) is 6.00. The molecule has 0 aromatic heterocycles. The number of benzene rings is 1. The second kappa shape index (κ2) is 6.82. The standard InChI is InChI=1S/C14H21F2NO3S2/c1-9-11(10(2)17-21(18)14(3,4)5)7-6-8-12(9)22(19,20)13(15)16/h6-8,10,13,17H,1-5H3/t10?,21-/m0/s1. The van der Waals surface area contributed by atoms with E-state index in [0.717, 1.165) is 6.07 Å². The highest BCUT2D eigenvalue weighted by molar-refractivity contribution is 7.91. The summed E-state index contributed by atoms with van der Waals surface area (Å²) in [4.78, 5) is -0.393. The highest BCUT2D eigenvalue weighted by Crippen LogP contribution is 2.28. The summed E-state index contributed by atoms with van der Waals surface area (Å²) in [6.07, 6.45) is 0. The third-order valence-corrected chi connectivity index (χ3v) is 6.38. The van der Waals surface area contributed by atoms with Gasteiger partial charge >= 0.3 is 5.76 Å². The third kappa shape index (κ3) is 4.18. The van der Waals surface area contributed by atoms with Gasteiger partial charge in [0.2, 0.25) is 9.84 Å². The molecule has 0 aliphatic carbocycles. The molecule has 126 valence electrons. The van der Waals surface area contributed by atoms with Gasteiger partial charge in [-0.2, -0.15) is 8.78 Å². The third-order valence-electron chi connectivity index (χ3n) is 3.17. The van der Waals surface area contributed by atoms with Crippen molar-refractivity contribution in [1.82, 2.24) is 4.72 Å². The fourth-order valence-electron chi connectivity index (χ4n) is 1.91. The van der Waals surface area contributed by atoms with E-state index in [0.29, 0.717) is 5.56 Å². The van der Waals surface area contributed by atoms with Crippen molar-refractivity contribution >= 4 is 21.2 Å². The average molecular weight is 353 g/mol. The van der Waals surface area contributed by atoms with E-state index in [4.69, 9.17) is 0 Å². The highest BCUT2D eigenvalue weighted by Gasteiger charge is 2.32. The second-order valence-corrected chi connectivity index (χ2v) is 9.88. The van der Waals surface area contributed by atoms with Gasteiger partial charge in [-0.05, 0) is 51.8 Å². The minimum absolute atomic E-state index is 0.244. The number of sulfone groups is 1. The number of alkyl halides is 2. The SMILES string of the molecule is Cc1c(C(C)N[S@@+]([O-])C(C)(C)C)cccc1S(=O)(=O)C(F)F. The molecular weight excluding hydrogens is 332 g/mol. The summed E-state index contributed by atoms with van der Waals surface area (Å²) >= 11 is -1.36. The molecule has 2 atom stereocenters. The van der Waals surface area contributed by atoms with Crippen molar-refractivity contribution in [2.45, 2.75) is 56.1 Å². The summed E-state index contributed by atoms with van der Waals surface area (Å²) < 4.78 is 63.3. The monoisotopic (exact) mass is 353 g/mol. The molecule has 0 fully saturated rings. The molecule has 4 nitrogen and oxygen atoms in total. The van der Waals surface area contributed by atoms with Crippen molar-refractivity contribution in [2.75, 3.05) is 0 Å². The van der Waals surface area contributed by atoms with Crippen LogP contribution in [0.2, 0.25) is 0 Å². The second-order valence-electron chi connectivity index (χ2n) is 6.00. The van der Waals surface area contributed by atoms with Crippen LogP contribution in [0.3, 0.4) is 0 Å². The summed E-state index contributed by atoms with van der Waals surface area (Å²) in [5, 5.41) is 0. The molecule has 1 aromatic carbocycles. The largest absolute Gasteiger partial charge is 0.598 e. The van der Waals surface area contributed by atoms with Crippen molar-refractivity contribution in [3.05, 3.63) is 29.3 Å². The quantitative estimate of drug-likeness (QED) is 0.826. The summed E-state index contributed by atoms with van der Waals surface area (Å²) in [5.74, 6) is -3.46. The maximum Gasteiger partial charge on any atom is 0.341 e. The number of rotatable bonds is 5. The lowest BCUT2D eigenvalue weighted by Gasteiger charge is -2.27. The van der Waals surface area contributed by atoms with E-state index >= 15 is 0 Å². The van der Waals surface area contributed by atoms with E-state index < -0.39 is 42.6 Å². The Labute approximate surface area is 133 Å². The summed E-state index contributed by atoms with van der Waals surface area (Å²) in [7, 11) is -4.66. The first-order chi connectivity index (χ1) is 9.89.